The molecular weight excluding hydrogens is 300 g/mol. The van der Waals surface area contributed by atoms with E-state index in [0.29, 0.717) is 10.6 Å². The monoisotopic (exact) mass is 318 g/mol. The molecule has 0 spiro atoms. The van der Waals surface area contributed by atoms with Gasteiger partial charge in [0.2, 0.25) is 0 Å². The van der Waals surface area contributed by atoms with Gasteiger partial charge in [-0.1, -0.05) is 17.7 Å². The quantitative estimate of drug-likeness (QED) is 0.924. The first-order valence-corrected chi connectivity index (χ1v) is 7.85. The third-order valence-electron chi connectivity index (χ3n) is 3.92. The SMILES string of the molecule is Cc1c(C(=O)N2CCCNCC2)cnn1-c1cccc(Cl)c1. The lowest BCUT2D eigenvalue weighted by Gasteiger charge is -2.19. The van der Waals surface area contributed by atoms with Crippen LogP contribution in [-0.2, 0) is 0 Å². The van der Waals surface area contributed by atoms with Crippen molar-refractivity contribution >= 4 is 17.5 Å². The summed E-state index contributed by atoms with van der Waals surface area (Å²) in [6.45, 7) is 5.24. The van der Waals surface area contributed by atoms with Crippen molar-refractivity contribution in [1.82, 2.24) is 20.0 Å². The number of rotatable bonds is 2. The fourth-order valence-corrected chi connectivity index (χ4v) is 2.89. The van der Waals surface area contributed by atoms with Crippen LogP contribution in [0.3, 0.4) is 0 Å². The summed E-state index contributed by atoms with van der Waals surface area (Å²) >= 11 is 6.03. The number of carbonyl (C=O) groups is 1. The zero-order chi connectivity index (χ0) is 15.5. The molecule has 1 N–H and O–H groups in total. The highest BCUT2D eigenvalue weighted by molar-refractivity contribution is 6.30. The Balaban J connectivity index is 1.88. The maximum Gasteiger partial charge on any atom is 0.257 e. The van der Waals surface area contributed by atoms with Crippen LogP contribution in [0.5, 0.6) is 0 Å². The third-order valence-corrected chi connectivity index (χ3v) is 4.16. The molecule has 0 unspecified atom stereocenters. The van der Waals surface area contributed by atoms with Gasteiger partial charge in [0, 0.05) is 24.7 Å². The van der Waals surface area contributed by atoms with Crippen LogP contribution < -0.4 is 5.32 Å². The molecule has 0 saturated carbocycles. The van der Waals surface area contributed by atoms with E-state index in [2.05, 4.69) is 10.4 Å². The fourth-order valence-electron chi connectivity index (χ4n) is 2.71. The van der Waals surface area contributed by atoms with Crippen molar-refractivity contribution in [1.29, 1.82) is 0 Å². The van der Waals surface area contributed by atoms with Crippen molar-refractivity contribution in [2.75, 3.05) is 26.2 Å². The van der Waals surface area contributed by atoms with Gasteiger partial charge in [0.1, 0.15) is 0 Å². The Bertz CT molecular complexity index is 675. The van der Waals surface area contributed by atoms with Crippen LogP contribution >= 0.6 is 11.6 Å². The molecule has 1 aliphatic rings. The van der Waals surface area contributed by atoms with Crippen molar-refractivity contribution < 1.29 is 4.79 Å². The summed E-state index contributed by atoms with van der Waals surface area (Å²) in [5, 5.41) is 8.32. The van der Waals surface area contributed by atoms with Gasteiger partial charge in [0.25, 0.3) is 5.91 Å². The smallest absolute Gasteiger partial charge is 0.257 e. The lowest BCUT2D eigenvalue weighted by Crippen LogP contribution is -2.34. The van der Waals surface area contributed by atoms with E-state index in [1.807, 2.05) is 36.1 Å². The molecular formula is C16H19ClN4O. The van der Waals surface area contributed by atoms with E-state index in [1.54, 1.807) is 10.9 Å². The van der Waals surface area contributed by atoms with Crippen LogP contribution in [-0.4, -0.2) is 46.8 Å². The molecule has 2 heterocycles. The molecule has 0 radical (unpaired) electrons. The van der Waals surface area contributed by atoms with E-state index >= 15 is 0 Å². The summed E-state index contributed by atoms with van der Waals surface area (Å²) in [6, 6.07) is 7.46. The molecule has 22 heavy (non-hydrogen) atoms. The zero-order valence-electron chi connectivity index (χ0n) is 12.6. The Morgan fingerprint density at radius 2 is 2.18 bits per heavy atom. The molecule has 1 aliphatic heterocycles. The van der Waals surface area contributed by atoms with Gasteiger partial charge < -0.3 is 10.2 Å². The highest BCUT2D eigenvalue weighted by Crippen LogP contribution is 2.19. The standard InChI is InChI=1S/C16H19ClN4O/c1-12-15(16(22)20-8-3-6-18-7-9-20)11-19-21(12)14-5-2-4-13(17)10-14/h2,4-5,10-11,18H,3,6-9H2,1H3. The van der Waals surface area contributed by atoms with E-state index in [1.165, 1.54) is 0 Å². The predicted octanol–water partition coefficient (Wildman–Crippen LogP) is 2.27. The third kappa shape index (κ3) is 3.00. The molecule has 116 valence electrons. The van der Waals surface area contributed by atoms with Crippen molar-refractivity contribution in [3.05, 3.63) is 46.7 Å². The first kappa shape index (κ1) is 15.1. The number of nitrogens with zero attached hydrogens (tertiary/aromatic N) is 3. The van der Waals surface area contributed by atoms with Gasteiger partial charge in [-0.2, -0.15) is 5.10 Å². The molecule has 1 fully saturated rings. The average molecular weight is 319 g/mol. The van der Waals surface area contributed by atoms with E-state index in [0.717, 1.165) is 44.0 Å². The van der Waals surface area contributed by atoms with Gasteiger partial charge in [0.15, 0.2) is 0 Å². The molecule has 1 aromatic heterocycles. The van der Waals surface area contributed by atoms with Crippen molar-refractivity contribution in [3.8, 4) is 5.69 Å². The van der Waals surface area contributed by atoms with Gasteiger partial charge in [-0.15, -0.1) is 0 Å². The second kappa shape index (κ2) is 6.50. The van der Waals surface area contributed by atoms with Crippen molar-refractivity contribution in [3.63, 3.8) is 0 Å². The minimum absolute atomic E-state index is 0.0504. The fraction of sp³-hybridized carbons (Fsp3) is 0.375. The van der Waals surface area contributed by atoms with Crippen LogP contribution in [0.25, 0.3) is 5.69 Å². The summed E-state index contributed by atoms with van der Waals surface area (Å²) in [5.41, 5.74) is 2.35. The minimum atomic E-state index is 0.0504. The minimum Gasteiger partial charge on any atom is -0.337 e. The van der Waals surface area contributed by atoms with Gasteiger partial charge in [0.05, 0.1) is 23.1 Å². The van der Waals surface area contributed by atoms with Gasteiger partial charge in [-0.05, 0) is 38.1 Å². The number of hydrogen-bond acceptors (Lipinski definition) is 3. The Morgan fingerprint density at radius 3 is 3.00 bits per heavy atom. The lowest BCUT2D eigenvalue weighted by molar-refractivity contribution is 0.0765. The van der Waals surface area contributed by atoms with Crippen molar-refractivity contribution in [2.45, 2.75) is 13.3 Å². The van der Waals surface area contributed by atoms with Crippen LogP contribution in [0.15, 0.2) is 30.5 Å². The van der Waals surface area contributed by atoms with E-state index in [9.17, 15) is 4.79 Å². The number of carbonyl (C=O) groups excluding carboxylic acids is 1. The molecule has 2 aromatic rings. The number of aromatic nitrogens is 2. The maximum absolute atomic E-state index is 12.7. The van der Waals surface area contributed by atoms with E-state index in [-0.39, 0.29) is 5.91 Å². The number of nitrogens with one attached hydrogen (secondary N) is 1. The topological polar surface area (TPSA) is 50.2 Å². The summed E-state index contributed by atoms with van der Waals surface area (Å²) in [4.78, 5) is 14.6. The maximum atomic E-state index is 12.7. The largest absolute Gasteiger partial charge is 0.337 e. The number of hydrogen-bond donors (Lipinski definition) is 1. The number of halogens is 1. The summed E-state index contributed by atoms with van der Waals surface area (Å²) in [6.07, 6.45) is 2.63. The molecule has 1 aromatic carbocycles. The second-order valence-corrected chi connectivity index (χ2v) is 5.87. The molecule has 5 nitrogen and oxygen atoms in total. The van der Waals surface area contributed by atoms with Gasteiger partial charge in [-0.3, -0.25) is 4.79 Å². The first-order valence-electron chi connectivity index (χ1n) is 7.47. The summed E-state index contributed by atoms with van der Waals surface area (Å²) < 4.78 is 1.76. The molecule has 0 aliphatic carbocycles. The van der Waals surface area contributed by atoms with Gasteiger partial charge >= 0.3 is 0 Å². The van der Waals surface area contributed by atoms with Crippen LogP contribution in [0.4, 0.5) is 0 Å². The molecule has 0 atom stereocenters. The normalized spacial score (nSPS) is 15.6. The zero-order valence-corrected chi connectivity index (χ0v) is 13.3. The average Bonchev–Trinajstić information content (AvgIpc) is 2.73. The van der Waals surface area contributed by atoms with Crippen molar-refractivity contribution in [2.24, 2.45) is 0 Å². The van der Waals surface area contributed by atoms with Crippen LogP contribution in [0.2, 0.25) is 5.02 Å². The second-order valence-electron chi connectivity index (χ2n) is 5.43. The number of amides is 1. The number of benzene rings is 1. The molecule has 1 amide bonds. The first-order chi connectivity index (χ1) is 10.7. The van der Waals surface area contributed by atoms with Crippen LogP contribution in [0, 0.1) is 6.92 Å². The van der Waals surface area contributed by atoms with Gasteiger partial charge in [-0.25, -0.2) is 4.68 Å². The Morgan fingerprint density at radius 1 is 1.32 bits per heavy atom. The Labute approximate surface area is 134 Å². The molecule has 0 bridgehead atoms. The molecule has 6 heteroatoms. The highest BCUT2D eigenvalue weighted by Gasteiger charge is 2.21. The van der Waals surface area contributed by atoms with E-state index in [4.69, 9.17) is 11.6 Å². The van der Waals surface area contributed by atoms with Crippen LogP contribution in [0.1, 0.15) is 22.5 Å². The Kier molecular flexibility index (Phi) is 4.45. The lowest BCUT2D eigenvalue weighted by atomic mass is 10.2. The molecule has 1 saturated heterocycles. The summed E-state index contributed by atoms with van der Waals surface area (Å²) in [7, 11) is 0. The predicted molar refractivity (Wildman–Crippen MR) is 86.7 cm³/mol. The molecule has 3 rings (SSSR count). The Hall–Kier alpha value is -1.85. The van der Waals surface area contributed by atoms with E-state index < -0.39 is 0 Å². The highest BCUT2D eigenvalue weighted by atomic mass is 35.5. The summed E-state index contributed by atoms with van der Waals surface area (Å²) in [5.74, 6) is 0.0504.